The summed E-state index contributed by atoms with van der Waals surface area (Å²) in [7, 11) is 0. The Kier molecular flexibility index (Phi) is 3.98. The van der Waals surface area contributed by atoms with E-state index in [1.54, 1.807) is 23.1 Å². The van der Waals surface area contributed by atoms with Crippen LogP contribution >= 0.6 is 23.1 Å². The van der Waals surface area contributed by atoms with Crippen molar-refractivity contribution < 1.29 is 0 Å². The first-order valence-corrected chi connectivity index (χ1v) is 6.95. The molecular weight excluding hydrogens is 252 g/mol. The van der Waals surface area contributed by atoms with E-state index in [4.69, 9.17) is 5.84 Å². The zero-order valence-corrected chi connectivity index (χ0v) is 11.3. The first kappa shape index (κ1) is 12.3. The van der Waals surface area contributed by atoms with E-state index in [-0.39, 0.29) is 5.92 Å². The fraction of sp³-hybridized carbons (Fsp3) is 0.273. The molecule has 4 nitrogen and oxygen atoms in total. The topological polar surface area (TPSA) is 63.8 Å². The Hall–Kier alpha value is -1.11. The normalized spacial score (nSPS) is 10.8. The predicted molar refractivity (Wildman–Crippen MR) is 72.4 cm³/mol. The lowest BCUT2D eigenvalue weighted by molar-refractivity contribution is 0.754. The minimum Gasteiger partial charge on any atom is -0.308 e. The van der Waals surface area contributed by atoms with Crippen molar-refractivity contribution in [3.05, 3.63) is 29.4 Å². The number of anilines is 1. The summed E-state index contributed by atoms with van der Waals surface area (Å²) < 4.78 is 1.21. The second-order valence-electron chi connectivity index (χ2n) is 3.78. The molecule has 0 amide bonds. The first-order chi connectivity index (χ1) is 8.19. The lowest BCUT2D eigenvalue weighted by Crippen LogP contribution is -2.11. The van der Waals surface area contributed by atoms with Gasteiger partial charge in [-0.2, -0.15) is 0 Å². The summed E-state index contributed by atoms with van der Waals surface area (Å²) in [5.74, 6) is 7.16. The summed E-state index contributed by atoms with van der Waals surface area (Å²) in [4.78, 5) is 8.84. The summed E-state index contributed by atoms with van der Waals surface area (Å²) in [6.45, 7) is 4.13. The van der Waals surface area contributed by atoms with Crippen molar-refractivity contribution >= 4 is 28.9 Å². The number of nitrogen functional groups attached to an aromatic ring is 1. The number of rotatable bonds is 4. The van der Waals surface area contributed by atoms with Crippen molar-refractivity contribution in [2.45, 2.75) is 29.0 Å². The van der Waals surface area contributed by atoms with E-state index in [1.807, 2.05) is 12.1 Å². The number of hydrogen-bond donors (Lipinski definition) is 2. The second kappa shape index (κ2) is 5.48. The molecule has 3 N–H and O–H groups in total. The largest absolute Gasteiger partial charge is 0.308 e. The average Bonchev–Trinajstić information content (AvgIpc) is 2.81. The summed E-state index contributed by atoms with van der Waals surface area (Å²) >= 11 is 3.32. The highest BCUT2D eigenvalue weighted by Gasteiger charge is 2.09. The van der Waals surface area contributed by atoms with Crippen LogP contribution < -0.4 is 11.3 Å². The van der Waals surface area contributed by atoms with Gasteiger partial charge in [-0.25, -0.2) is 15.8 Å². The molecule has 0 saturated carbocycles. The van der Waals surface area contributed by atoms with Crippen LogP contribution in [-0.4, -0.2) is 9.97 Å². The first-order valence-electron chi connectivity index (χ1n) is 5.26. The molecule has 0 fully saturated rings. The summed E-state index contributed by atoms with van der Waals surface area (Å²) in [5.41, 5.74) is 2.58. The molecule has 0 unspecified atom stereocenters. The van der Waals surface area contributed by atoms with Gasteiger partial charge in [0.15, 0.2) is 0 Å². The van der Waals surface area contributed by atoms with Gasteiger partial charge >= 0.3 is 0 Å². The molecule has 0 aliphatic rings. The van der Waals surface area contributed by atoms with E-state index < -0.39 is 0 Å². The van der Waals surface area contributed by atoms with Gasteiger partial charge < -0.3 is 5.43 Å². The van der Waals surface area contributed by atoms with Gasteiger partial charge in [-0.15, -0.1) is 11.3 Å². The molecule has 0 aromatic carbocycles. The molecule has 0 bridgehead atoms. The van der Waals surface area contributed by atoms with Crippen LogP contribution in [0, 0.1) is 0 Å². The van der Waals surface area contributed by atoms with Gasteiger partial charge in [0.25, 0.3) is 0 Å². The maximum absolute atomic E-state index is 5.41. The Morgan fingerprint density at radius 2 is 2.24 bits per heavy atom. The van der Waals surface area contributed by atoms with Crippen molar-refractivity contribution in [2.75, 3.05) is 5.43 Å². The van der Waals surface area contributed by atoms with E-state index in [9.17, 15) is 0 Å². The van der Waals surface area contributed by atoms with Gasteiger partial charge in [0.2, 0.25) is 0 Å². The van der Waals surface area contributed by atoms with Crippen LogP contribution in [0.4, 0.5) is 5.82 Å². The standard InChI is InChI=1S/C11H14N4S2/c1-7(2)11-13-8(15-12)6-9(14-11)17-10-4-3-5-16-10/h3-7H,12H2,1-2H3,(H,13,14,15). The van der Waals surface area contributed by atoms with E-state index in [1.165, 1.54) is 4.21 Å². The third-order valence-corrected chi connectivity index (χ3v) is 4.04. The second-order valence-corrected chi connectivity index (χ2v) is 6.05. The zero-order chi connectivity index (χ0) is 12.3. The molecule has 2 aromatic rings. The highest BCUT2D eigenvalue weighted by atomic mass is 32.2. The van der Waals surface area contributed by atoms with Crippen LogP contribution in [0.1, 0.15) is 25.6 Å². The minimum absolute atomic E-state index is 0.283. The van der Waals surface area contributed by atoms with Crippen LogP contribution in [0.15, 0.2) is 32.8 Å². The van der Waals surface area contributed by atoms with Gasteiger partial charge in [-0.05, 0) is 11.4 Å². The van der Waals surface area contributed by atoms with Crippen molar-refractivity contribution in [2.24, 2.45) is 5.84 Å². The number of nitrogens with two attached hydrogens (primary N) is 1. The maximum atomic E-state index is 5.41. The van der Waals surface area contributed by atoms with E-state index >= 15 is 0 Å². The summed E-state index contributed by atoms with van der Waals surface area (Å²) in [5, 5.41) is 2.97. The van der Waals surface area contributed by atoms with Gasteiger partial charge in [-0.3, -0.25) is 0 Å². The number of hydrazine groups is 1. The number of nitrogens with zero attached hydrogens (tertiary/aromatic N) is 2. The third kappa shape index (κ3) is 3.18. The van der Waals surface area contributed by atoms with E-state index in [0.717, 1.165) is 10.9 Å². The molecule has 0 saturated heterocycles. The van der Waals surface area contributed by atoms with E-state index in [0.29, 0.717) is 5.82 Å². The Labute approximate surface area is 109 Å². The van der Waals surface area contributed by atoms with Gasteiger partial charge in [0.05, 0.1) is 4.21 Å². The van der Waals surface area contributed by atoms with E-state index in [2.05, 4.69) is 40.7 Å². The van der Waals surface area contributed by atoms with Gasteiger partial charge in [-0.1, -0.05) is 31.7 Å². The quantitative estimate of drug-likeness (QED) is 0.506. The third-order valence-electron chi connectivity index (χ3n) is 2.08. The molecule has 17 heavy (non-hydrogen) atoms. The van der Waals surface area contributed by atoms with Crippen molar-refractivity contribution in [1.82, 2.24) is 9.97 Å². The Bertz CT molecular complexity index is 482. The van der Waals surface area contributed by atoms with Crippen LogP contribution in [0.25, 0.3) is 0 Å². The molecule has 2 heterocycles. The summed E-state index contributed by atoms with van der Waals surface area (Å²) in [6.07, 6.45) is 0. The number of aromatic nitrogens is 2. The minimum atomic E-state index is 0.283. The monoisotopic (exact) mass is 266 g/mol. The van der Waals surface area contributed by atoms with Crippen molar-refractivity contribution in [1.29, 1.82) is 0 Å². The Morgan fingerprint density at radius 1 is 1.41 bits per heavy atom. The number of thiophene rings is 1. The maximum Gasteiger partial charge on any atom is 0.144 e. The highest BCUT2D eigenvalue weighted by Crippen LogP contribution is 2.31. The van der Waals surface area contributed by atoms with Crippen LogP contribution in [0.3, 0.4) is 0 Å². The lowest BCUT2D eigenvalue weighted by Gasteiger charge is -2.08. The van der Waals surface area contributed by atoms with Crippen LogP contribution in [0.2, 0.25) is 0 Å². The highest BCUT2D eigenvalue weighted by molar-refractivity contribution is 8.01. The van der Waals surface area contributed by atoms with Crippen molar-refractivity contribution in [3.8, 4) is 0 Å². The SMILES string of the molecule is CC(C)c1nc(NN)cc(Sc2cccs2)n1. The molecule has 6 heteroatoms. The smallest absolute Gasteiger partial charge is 0.144 e. The molecule has 0 aliphatic carbocycles. The Morgan fingerprint density at radius 3 is 2.82 bits per heavy atom. The Balaban J connectivity index is 2.29. The lowest BCUT2D eigenvalue weighted by atomic mass is 10.2. The fourth-order valence-corrected chi connectivity index (χ4v) is 2.98. The predicted octanol–water partition coefficient (Wildman–Crippen LogP) is 3.10. The molecule has 0 spiro atoms. The van der Waals surface area contributed by atoms with Gasteiger partial charge in [0.1, 0.15) is 16.7 Å². The van der Waals surface area contributed by atoms with Gasteiger partial charge in [0, 0.05) is 12.0 Å². The average molecular weight is 266 g/mol. The number of hydrogen-bond acceptors (Lipinski definition) is 6. The molecule has 90 valence electrons. The van der Waals surface area contributed by atoms with Crippen LogP contribution in [0.5, 0.6) is 0 Å². The zero-order valence-electron chi connectivity index (χ0n) is 9.68. The fourth-order valence-electron chi connectivity index (χ4n) is 1.25. The molecular formula is C11H14N4S2. The molecule has 0 aliphatic heterocycles. The molecule has 0 radical (unpaired) electrons. The van der Waals surface area contributed by atoms with Crippen LogP contribution in [-0.2, 0) is 0 Å². The molecule has 2 rings (SSSR count). The van der Waals surface area contributed by atoms with Crippen molar-refractivity contribution in [3.63, 3.8) is 0 Å². The summed E-state index contributed by atoms with van der Waals surface area (Å²) in [6, 6.07) is 5.96. The number of nitrogens with one attached hydrogen (secondary N) is 1. The molecule has 2 aromatic heterocycles. The molecule has 0 atom stereocenters.